The lowest BCUT2D eigenvalue weighted by Gasteiger charge is -2.30. The van der Waals surface area contributed by atoms with Crippen LogP contribution in [-0.4, -0.2) is 29.1 Å². The highest BCUT2D eigenvalue weighted by atomic mass is 16.4. The second kappa shape index (κ2) is 5.76. The second-order valence-corrected chi connectivity index (χ2v) is 5.90. The molecule has 21 heavy (non-hydrogen) atoms. The number of nitrogens with one attached hydrogen (secondary N) is 2. The van der Waals surface area contributed by atoms with Crippen molar-refractivity contribution in [2.24, 2.45) is 5.92 Å². The van der Waals surface area contributed by atoms with E-state index >= 15 is 0 Å². The second-order valence-electron chi connectivity index (χ2n) is 5.90. The lowest BCUT2D eigenvalue weighted by molar-refractivity contribution is -0.144. The van der Waals surface area contributed by atoms with E-state index < -0.39 is 11.9 Å². The van der Waals surface area contributed by atoms with Crippen molar-refractivity contribution in [3.63, 3.8) is 0 Å². The summed E-state index contributed by atoms with van der Waals surface area (Å²) in [5.41, 5.74) is 2.13. The Kier molecular flexibility index (Phi) is 3.82. The van der Waals surface area contributed by atoms with Crippen LogP contribution in [0.5, 0.6) is 0 Å². The molecular weight excluding hydrogens is 268 g/mol. The molecule has 3 atom stereocenters. The van der Waals surface area contributed by atoms with E-state index in [0.717, 1.165) is 30.5 Å². The van der Waals surface area contributed by atoms with E-state index in [0.29, 0.717) is 12.8 Å². The van der Waals surface area contributed by atoms with Crippen LogP contribution in [0.2, 0.25) is 0 Å². The van der Waals surface area contributed by atoms with Crippen molar-refractivity contribution < 1.29 is 14.7 Å². The van der Waals surface area contributed by atoms with Gasteiger partial charge in [-0.25, -0.2) is 0 Å². The van der Waals surface area contributed by atoms with Crippen molar-refractivity contribution >= 4 is 17.6 Å². The molecule has 112 valence electrons. The number of carboxylic acids is 1. The molecule has 5 nitrogen and oxygen atoms in total. The van der Waals surface area contributed by atoms with Crippen molar-refractivity contribution in [3.8, 4) is 0 Å². The maximum atomic E-state index is 12.4. The average Bonchev–Trinajstić information content (AvgIpc) is 2.91. The highest BCUT2D eigenvalue weighted by Crippen LogP contribution is 2.27. The molecule has 5 heteroatoms. The van der Waals surface area contributed by atoms with Crippen LogP contribution in [0.4, 0.5) is 5.69 Å². The third kappa shape index (κ3) is 2.86. The fraction of sp³-hybridized carbons (Fsp3) is 0.500. The summed E-state index contributed by atoms with van der Waals surface area (Å²) in [6, 6.07) is 7.34. The largest absolute Gasteiger partial charge is 0.481 e. The Morgan fingerprint density at radius 1 is 1.19 bits per heavy atom. The lowest BCUT2D eigenvalue weighted by atomic mass is 9.84. The van der Waals surface area contributed by atoms with E-state index in [9.17, 15) is 14.7 Å². The number of hydrogen-bond donors (Lipinski definition) is 3. The van der Waals surface area contributed by atoms with Crippen molar-refractivity contribution in [1.82, 2.24) is 5.32 Å². The molecule has 2 unspecified atom stereocenters. The van der Waals surface area contributed by atoms with Gasteiger partial charge in [-0.3, -0.25) is 9.59 Å². The van der Waals surface area contributed by atoms with E-state index in [1.807, 2.05) is 24.3 Å². The minimum absolute atomic E-state index is 0.0932. The van der Waals surface area contributed by atoms with Crippen molar-refractivity contribution in [2.45, 2.75) is 44.2 Å². The number of fused-ring (bicyclic) bond motifs is 1. The van der Waals surface area contributed by atoms with Crippen LogP contribution in [0.3, 0.4) is 0 Å². The number of rotatable bonds is 3. The van der Waals surface area contributed by atoms with Gasteiger partial charge in [0.05, 0.1) is 5.92 Å². The Bertz CT molecular complexity index is 533. The SMILES string of the molecule is O=C(O)C1CCCCC1NC(=O)[C@@H]1Cc2ccccc2N1. The van der Waals surface area contributed by atoms with E-state index in [-0.39, 0.29) is 18.0 Å². The van der Waals surface area contributed by atoms with Crippen molar-refractivity contribution in [1.29, 1.82) is 0 Å². The maximum Gasteiger partial charge on any atom is 0.308 e. The van der Waals surface area contributed by atoms with Gasteiger partial charge in [0.2, 0.25) is 5.91 Å². The van der Waals surface area contributed by atoms with Crippen molar-refractivity contribution in [3.05, 3.63) is 29.8 Å². The molecule has 1 amide bonds. The molecule has 0 radical (unpaired) electrons. The molecular formula is C16H20N2O3. The molecule has 1 aliphatic heterocycles. The van der Waals surface area contributed by atoms with Crippen LogP contribution in [0.15, 0.2) is 24.3 Å². The zero-order valence-corrected chi connectivity index (χ0v) is 11.8. The summed E-state index contributed by atoms with van der Waals surface area (Å²) in [6.45, 7) is 0. The molecule has 0 spiro atoms. The zero-order valence-electron chi connectivity index (χ0n) is 11.8. The van der Waals surface area contributed by atoms with E-state index in [2.05, 4.69) is 10.6 Å². The highest BCUT2D eigenvalue weighted by Gasteiger charge is 2.34. The topological polar surface area (TPSA) is 78.4 Å². The molecule has 3 rings (SSSR count). The molecule has 1 aromatic carbocycles. The number of carbonyl (C=O) groups excluding carboxylic acids is 1. The fourth-order valence-electron chi connectivity index (χ4n) is 3.34. The predicted octanol–water partition coefficient (Wildman–Crippen LogP) is 1.78. The molecule has 1 saturated carbocycles. The van der Waals surface area contributed by atoms with Gasteiger partial charge in [-0.1, -0.05) is 31.0 Å². The van der Waals surface area contributed by atoms with Gasteiger partial charge in [0.1, 0.15) is 6.04 Å². The number of hydrogen-bond acceptors (Lipinski definition) is 3. The Morgan fingerprint density at radius 2 is 1.95 bits per heavy atom. The number of anilines is 1. The van der Waals surface area contributed by atoms with Crippen LogP contribution >= 0.6 is 0 Å². The first-order valence-electron chi connectivity index (χ1n) is 7.53. The zero-order chi connectivity index (χ0) is 14.8. The lowest BCUT2D eigenvalue weighted by Crippen LogP contribution is -2.49. The monoisotopic (exact) mass is 288 g/mol. The van der Waals surface area contributed by atoms with Crippen LogP contribution in [0, 0.1) is 5.92 Å². The Balaban J connectivity index is 1.63. The smallest absolute Gasteiger partial charge is 0.308 e. The number of benzene rings is 1. The van der Waals surface area contributed by atoms with Crippen LogP contribution in [0.1, 0.15) is 31.2 Å². The number of para-hydroxylation sites is 1. The van der Waals surface area contributed by atoms with Crippen molar-refractivity contribution in [2.75, 3.05) is 5.32 Å². The van der Waals surface area contributed by atoms with E-state index in [1.54, 1.807) is 0 Å². The summed E-state index contributed by atoms with van der Waals surface area (Å²) >= 11 is 0. The quantitative estimate of drug-likeness (QED) is 0.792. The normalized spacial score (nSPS) is 27.5. The molecule has 1 fully saturated rings. The number of carboxylic acid groups (broad SMARTS) is 1. The van der Waals surface area contributed by atoms with Gasteiger partial charge in [0.25, 0.3) is 0 Å². The van der Waals surface area contributed by atoms with Gasteiger partial charge in [-0.15, -0.1) is 0 Å². The standard InChI is InChI=1S/C16H20N2O3/c19-15(14-9-10-5-1-3-7-12(10)17-14)18-13-8-4-2-6-11(13)16(20)21/h1,3,5,7,11,13-14,17H,2,4,6,8-9H2,(H,18,19)(H,20,21)/t11?,13?,14-/m0/s1. The highest BCUT2D eigenvalue weighted by molar-refractivity contribution is 5.88. The number of amides is 1. The summed E-state index contributed by atoms with van der Waals surface area (Å²) in [5, 5.41) is 15.4. The molecule has 2 aliphatic rings. The summed E-state index contributed by atoms with van der Waals surface area (Å²) < 4.78 is 0. The van der Waals surface area contributed by atoms with Gasteiger partial charge >= 0.3 is 5.97 Å². The molecule has 0 saturated heterocycles. The van der Waals surface area contributed by atoms with E-state index in [1.165, 1.54) is 0 Å². The minimum atomic E-state index is -0.803. The Morgan fingerprint density at radius 3 is 2.71 bits per heavy atom. The minimum Gasteiger partial charge on any atom is -0.481 e. The van der Waals surface area contributed by atoms with Crippen LogP contribution in [0.25, 0.3) is 0 Å². The van der Waals surface area contributed by atoms with Gasteiger partial charge in [-0.05, 0) is 24.5 Å². The average molecular weight is 288 g/mol. The summed E-state index contributed by atoms with van der Waals surface area (Å²) in [6.07, 6.45) is 3.97. The van der Waals surface area contributed by atoms with Gasteiger partial charge in [0.15, 0.2) is 0 Å². The summed E-state index contributed by atoms with van der Waals surface area (Å²) in [5.74, 6) is -1.35. The number of aliphatic carboxylic acids is 1. The Labute approximate surface area is 123 Å². The summed E-state index contributed by atoms with van der Waals surface area (Å²) in [4.78, 5) is 23.7. The first kappa shape index (κ1) is 13.9. The molecule has 0 aromatic heterocycles. The van der Waals surface area contributed by atoms with Gasteiger partial charge in [0, 0.05) is 18.2 Å². The van der Waals surface area contributed by atoms with Crippen LogP contribution in [-0.2, 0) is 16.0 Å². The molecule has 0 bridgehead atoms. The molecule has 3 N–H and O–H groups in total. The first-order valence-corrected chi connectivity index (χ1v) is 7.53. The molecule has 1 aromatic rings. The maximum absolute atomic E-state index is 12.4. The predicted molar refractivity (Wildman–Crippen MR) is 79.1 cm³/mol. The summed E-state index contributed by atoms with van der Waals surface area (Å²) in [7, 11) is 0. The number of carbonyl (C=O) groups is 2. The van der Waals surface area contributed by atoms with Gasteiger partial charge in [-0.2, -0.15) is 0 Å². The Hall–Kier alpha value is -2.04. The van der Waals surface area contributed by atoms with Crippen LogP contribution < -0.4 is 10.6 Å². The molecule has 1 aliphatic carbocycles. The first-order chi connectivity index (χ1) is 10.1. The van der Waals surface area contributed by atoms with E-state index in [4.69, 9.17) is 0 Å². The van der Waals surface area contributed by atoms with Gasteiger partial charge < -0.3 is 15.7 Å². The fourth-order valence-corrected chi connectivity index (χ4v) is 3.34. The molecule has 1 heterocycles. The third-order valence-corrected chi connectivity index (χ3v) is 4.50. The third-order valence-electron chi connectivity index (χ3n) is 4.50.